The summed E-state index contributed by atoms with van der Waals surface area (Å²) in [7, 11) is 0. The topological polar surface area (TPSA) is 65.1 Å². The van der Waals surface area contributed by atoms with E-state index in [1.165, 1.54) is 19.4 Å². The number of piperazine rings is 1. The van der Waals surface area contributed by atoms with Crippen molar-refractivity contribution in [3.63, 3.8) is 0 Å². The van der Waals surface area contributed by atoms with Crippen LogP contribution in [0.3, 0.4) is 0 Å². The van der Waals surface area contributed by atoms with Crippen molar-refractivity contribution >= 4 is 17.4 Å². The van der Waals surface area contributed by atoms with E-state index >= 15 is 0 Å². The van der Waals surface area contributed by atoms with Gasteiger partial charge < -0.3 is 9.88 Å². The highest BCUT2D eigenvalue weighted by Gasteiger charge is 2.38. The molecule has 0 radical (unpaired) electrons. The van der Waals surface area contributed by atoms with Crippen molar-refractivity contribution in [1.29, 1.82) is 0 Å². The molecule has 0 bridgehead atoms. The van der Waals surface area contributed by atoms with Crippen molar-refractivity contribution in [2.24, 2.45) is 5.92 Å². The number of aromatic nitrogens is 3. The molecule has 2 aliphatic rings. The Morgan fingerprint density at radius 3 is 2.81 bits per heavy atom. The lowest BCUT2D eigenvalue weighted by atomic mass is 9.98. The number of hydrogen-bond acceptors (Lipinski definition) is 5. The molecule has 2 aromatic heterocycles. The highest BCUT2D eigenvalue weighted by Crippen LogP contribution is 2.33. The van der Waals surface area contributed by atoms with E-state index in [2.05, 4.69) is 33.6 Å². The fraction of sp³-hybridized carbons (Fsp3) is 0.550. The molecule has 2 aliphatic heterocycles. The van der Waals surface area contributed by atoms with E-state index in [1.807, 2.05) is 12.1 Å². The van der Waals surface area contributed by atoms with Gasteiger partial charge in [0.15, 0.2) is 5.82 Å². The molecule has 0 saturated carbocycles. The molecule has 7 heteroatoms. The summed E-state index contributed by atoms with van der Waals surface area (Å²) in [5, 5.41) is 0.188. The zero-order valence-electron chi connectivity index (χ0n) is 15.9. The number of rotatable bonds is 4. The summed E-state index contributed by atoms with van der Waals surface area (Å²) in [6, 6.07) is 4.53. The molecule has 0 spiro atoms. The minimum absolute atomic E-state index is 0.188. The molecule has 144 valence electrons. The van der Waals surface area contributed by atoms with Gasteiger partial charge in [-0.05, 0) is 43.9 Å². The summed E-state index contributed by atoms with van der Waals surface area (Å²) in [6.07, 6.45) is 6.89. The second-order valence-corrected chi connectivity index (χ2v) is 8.39. The maximum absolute atomic E-state index is 12.6. The van der Waals surface area contributed by atoms with E-state index in [1.54, 1.807) is 12.4 Å². The van der Waals surface area contributed by atoms with E-state index < -0.39 is 0 Å². The first-order valence-corrected chi connectivity index (χ1v) is 10.1. The van der Waals surface area contributed by atoms with Gasteiger partial charge in [-0.2, -0.15) is 0 Å². The molecule has 6 nitrogen and oxygen atoms in total. The van der Waals surface area contributed by atoms with Crippen LogP contribution in [-0.4, -0.2) is 51.6 Å². The van der Waals surface area contributed by atoms with Crippen molar-refractivity contribution in [2.45, 2.75) is 45.2 Å². The first-order valence-electron chi connectivity index (χ1n) is 9.74. The number of nitrogens with one attached hydrogen (secondary N) is 1. The third-order valence-corrected chi connectivity index (χ3v) is 5.95. The smallest absolute Gasteiger partial charge is 0.272 e. The van der Waals surface area contributed by atoms with Crippen LogP contribution < -0.4 is 10.5 Å². The molecule has 4 heterocycles. The molecule has 2 atom stereocenters. The van der Waals surface area contributed by atoms with Crippen LogP contribution in [-0.2, 0) is 0 Å². The van der Waals surface area contributed by atoms with Crippen LogP contribution in [0.4, 0.5) is 5.82 Å². The Bertz CT molecular complexity index is 853. The van der Waals surface area contributed by atoms with Gasteiger partial charge in [0.25, 0.3) is 5.56 Å². The number of pyridine rings is 1. The van der Waals surface area contributed by atoms with Gasteiger partial charge in [-0.1, -0.05) is 25.4 Å². The Morgan fingerprint density at radius 1 is 1.30 bits per heavy atom. The molecular formula is C20H26ClN5O. The first-order chi connectivity index (χ1) is 13.0. The zero-order chi connectivity index (χ0) is 19.0. The molecule has 2 saturated heterocycles. The van der Waals surface area contributed by atoms with Crippen LogP contribution >= 0.6 is 11.6 Å². The van der Waals surface area contributed by atoms with Gasteiger partial charge in [0.1, 0.15) is 10.8 Å². The Labute approximate surface area is 164 Å². The van der Waals surface area contributed by atoms with Gasteiger partial charge in [0.05, 0.1) is 0 Å². The molecule has 4 rings (SSSR count). The Balaban J connectivity index is 1.75. The lowest BCUT2D eigenvalue weighted by Crippen LogP contribution is -2.57. The monoisotopic (exact) mass is 387 g/mol. The standard InChI is InChI=1S/C20H26ClN5O/c1-13(2)10-16-11-25-9-3-4-15(25)12-26(16)19-17(21)20(27)24-18(23-19)14-5-7-22-8-6-14/h5-8,13,15-16H,3-4,9-12H2,1-2H3,(H,23,24,27)/t15-,16-/m0/s1. The largest absolute Gasteiger partial charge is 0.349 e. The molecule has 2 fully saturated rings. The average molecular weight is 388 g/mol. The van der Waals surface area contributed by atoms with E-state index in [4.69, 9.17) is 16.6 Å². The van der Waals surface area contributed by atoms with Gasteiger partial charge in [0, 0.05) is 43.1 Å². The fourth-order valence-corrected chi connectivity index (χ4v) is 4.57. The SMILES string of the molecule is CC(C)C[C@H]1CN2CCC[C@H]2CN1c1nc(-c2ccncc2)[nH]c(=O)c1Cl. The number of aromatic amines is 1. The fourth-order valence-electron chi connectivity index (χ4n) is 4.38. The highest BCUT2D eigenvalue weighted by molar-refractivity contribution is 6.32. The van der Waals surface area contributed by atoms with Gasteiger partial charge in [-0.15, -0.1) is 0 Å². The lowest BCUT2D eigenvalue weighted by Gasteiger charge is -2.45. The predicted octanol–water partition coefficient (Wildman–Crippen LogP) is 3.18. The van der Waals surface area contributed by atoms with Crippen LogP contribution in [0.25, 0.3) is 11.4 Å². The minimum Gasteiger partial charge on any atom is -0.349 e. The van der Waals surface area contributed by atoms with Crippen molar-refractivity contribution < 1.29 is 0 Å². The summed E-state index contributed by atoms with van der Waals surface area (Å²) in [5.74, 6) is 1.72. The summed E-state index contributed by atoms with van der Waals surface area (Å²) < 4.78 is 0. The quantitative estimate of drug-likeness (QED) is 0.872. The van der Waals surface area contributed by atoms with Crippen LogP contribution in [0.1, 0.15) is 33.1 Å². The lowest BCUT2D eigenvalue weighted by molar-refractivity contribution is 0.185. The molecule has 0 amide bonds. The Morgan fingerprint density at radius 2 is 2.07 bits per heavy atom. The molecule has 0 aromatic carbocycles. The van der Waals surface area contributed by atoms with Gasteiger partial charge in [-0.3, -0.25) is 14.7 Å². The maximum atomic E-state index is 12.6. The Hall–Kier alpha value is -1.92. The van der Waals surface area contributed by atoms with Crippen LogP contribution in [0.15, 0.2) is 29.3 Å². The van der Waals surface area contributed by atoms with Gasteiger partial charge in [-0.25, -0.2) is 4.98 Å². The number of nitrogens with zero attached hydrogens (tertiary/aromatic N) is 4. The number of H-pyrrole nitrogens is 1. The predicted molar refractivity (Wildman–Crippen MR) is 108 cm³/mol. The minimum atomic E-state index is -0.286. The van der Waals surface area contributed by atoms with E-state index in [9.17, 15) is 4.79 Å². The number of fused-ring (bicyclic) bond motifs is 1. The average Bonchev–Trinajstić information content (AvgIpc) is 3.11. The maximum Gasteiger partial charge on any atom is 0.272 e. The highest BCUT2D eigenvalue weighted by atomic mass is 35.5. The normalized spacial score (nSPS) is 23.0. The summed E-state index contributed by atoms with van der Waals surface area (Å²) in [5.41, 5.74) is 0.547. The molecule has 27 heavy (non-hydrogen) atoms. The number of hydrogen-bond donors (Lipinski definition) is 1. The van der Waals surface area contributed by atoms with Crippen molar-refractivity contribution in [2.75, 3.05) is 24.5 Å². The third kappa shape index (κ3) is 3.73. The van der Waals surface area contributed by atoms with Crippen molar-refractivity contribution in [1.82, 2.24) is 19.9 Å². The molecule has 1 N–H and O–H groups in total. The van der Waals surface area contributed by atoms with Crippen molar-refractivity contribution in [3.8, 4) is 11.4 Å². The second-order valence-electron chi connectivity index (χ2n) is 8.01. The van der Waals surface area contributed by atoms with Crippen LogP contribution in [0.5, 0.6) is 0 Å². The third-order valence-electron chi connectivity index (χ3n) is 5.61. The number of anilines is 1. The number of halogens is 1. The Kier molecular flexibility index (Phi) is 5.19. The zero-order valence-corrected chi connectivity index (χ0v) is 16.6. The molecule has 0 aliphatic carbocycles. The second kappa shape index (κ2) is 7.60. The van der Waals surface area contributed by atoms with E-state index in [0.717, 1.165) is 25.1 Å². The van der Waals surface area contributed by atoms with Gasteiger partial charge in [0.2, 0.25) is 0 Å². The van der Waals surface area contributed by atoms with E-state index in [0.29, 0.717) is 29.6 Å². The summed E-state index contributed by atoms with van der Waals surface area (Å²) in [6.45, 7) is 7.54. The summed E-state index contributed by atoms with van der Waals surface area (Å²) >= 11 is 6.46. The first kappa shape index (κ1) is 18.4. The van der Waals surface area contributed by atoms with Gasteiger partial charge >= 0.3 is 0 Å². The van der Waals surface area contributed by atoms with Crippen LogP contribution in [0.2, 0.25) is 5.02 Å². The van der Waals surface area contributed by atoms with Crippen molar-refractivity contribution in [3.05, 3.63) is 39.9 Å². The summed E-state index contributed by atoms with van der Waals surface area (Å²) in [4.78, 5) is 29.1. The van der Waals surface area contributed by atoms with E-state index in [-0.39, 0.29) is 10.6 Å². The molecule has 0 unspecified atom stereocenters. The van der Waals surface area contributed by atoms with Crippen LogP contribution in [0, 0.1) is 5.92 Å². The molecular weight excluding hydrogens is 362 g/mol. The molecule has 2 aromatic rings.